The molecule has 0 aliphatic carbocycles. The van der Waals surface area contributed by atoms with E-state index in [4.69, 9.17) is 4.74 Å². The van der Waals surface area contributed by atoms with E-state index in [1.54, 1.807) is 12.4 Å². The van der Waals surface area contributed by atoms with Crippen LogP contribution in [0.15, 0.2) is 18.7 Å². The molecule has 80 valence electrons. The Bertz CT molecular complexity index is 321. The van der Waals surface area contributed by atoms with E-state index in [2.05, 4.69) is 9.97 Å². The summed E-state index contributed by atoms with van der Waals surface area (Å²) in [7, 11) is 0. The first kappa shape index (κ1) is 10.2. The van der Waals surface area contributed by atoms with Gasteiger partial charge in [0.1, 0.15) is 6.33 Å². The summed E-state index contributed by atoms with van der Waals surface area (Å²) in [6.45, 7) is 1.56. The first-order valence-electron chi connectivity index (χ1n) is 5.22. The smallest absolute Gasteiger partial charge is 0.166 e. The lowest BCUT2D eigenvalue weighted by Crippen LogP contribution is -2.18. The van der Waals surface area contributed by atoms with Gasteiger partial charge in [-0.15, -0.1) is 0 Å². The molecule has 0 bridgehead atoms. The van der Waals surface area contributed by atoms with Crippen LogP contribution in [-0.4, -0.2) is 29.0 Å². The Kier molecular flexibility index (Phi) is 3.40. The van der Waals surface area contributed by atoms with Crippen LogP contribution in [0, 0.1) is 5.92 Å². The molecule has 0 aromatic carbocycles. The van der Waals surface area contributed by atoms with Gasteiger partial charge in [-0.3, -0.25) is 4.79 Å². The number of nitrogens with zero attached hydrogens (tertiary/aromatic N) is 2. The van der Waals surface area contributed by atoms with E-state index in [1.165, 1.54) is 6.33 Å². The third-order valence-corrected chi connectivity index (χ3v) is 2.70. The van der Waals surface area contributed by atoms with Crippen molar-refractivity contribution in [3.05, 3.63) is 24.3 Å². The molecule has 1 aromatic rings. The Morgan fingerprint density at radius 3 is 2.67 bits per heavy atom. The highest BCUT2D eigenvalue weighted by Crippen LogP contribution is 2.20. The molecule has 1 aromatic heterocycles. The quantitative estimate of drug-likeness (QED) is 0.703. The Labute approximate surface area is 88.7 Å². The van der Waals surface area contributed by atoms with Crippen molar-refractivity contribution in [2.45, 2.75) is 19.3 Å². The predicted octanol–water partition coefficient (Wildman–Crippen LogP) is 1.48. The molecule has 0 N–H and O–H groups in total. The van der Waals surface area contributed by atoms with Crippen molar-refractivity contribution < 1.29 is 9.53 Å². The predicted molar refractivity (Wildman–Crippen MR) is 54.5 cm³/mol. The van der Waals surface area contributed by atoms with Crippen LogP contribution in [0.5, 0.6) is 0 Å². The maximum Gasteiger partial charge on any atom is 0.166 e. The van der Waals surface area contributed by atoms with Crippen LogP contribution in [0.4, 0.5) is 0 Å². The van der Waals surface area contributed by atoms with Gasteiger partial charge in [-0.2, -0.15) is 0 Å². The van der Waals surface area contributed by atoms with Gasteiger partial charge < -0.3 is 4.74 Å². The van der Waals surface area contributed by atoms with Crippen molar-refractivity contribution in [2.24, 2.45) is 5.92 Å². The summed E-state index contributed by atoms with van der Waals surface area (Å²) in [6, 6.07) is 0. The largest absolute Gasteiger partial charge is 0.381 e. The summed E-state index contributed by atoms with van der Waals surface area (Å²) in [5.41, 5.74) is 0.615. The molecule has 1 fully saturated rings. The van der Waals surface area contributed by atoms with Gasteiger partial charge in [-0.1, -0.05) is 0 Å². The van der Waals surface area contributed by atoms with Crippen LogP contribution in [-0.2, 0) is 4.74 Å². The molecule has 0 saturated carbocycles. The third-order valence-electron chi connectivity index (χ3n) is 2.70. The number of carbonyl (C=O) groups is 1. The lowest BCUT2D eigenvalue weighted by atomic mass is 9.93. The van der Waals surface area contributed by atoms with Crippen molar-refractivity contribution >= 4 is 5.78 Å². The van der Waals surface area contributed by atoms with E-state index < -0.39 is 0 Å². The zero-order valence-electron chi connectivity index (χ0n) is 8.56. The van der Waals surface area contributed by atoms with Crippen molar-refractivity contribution in [3.8, 4) is 0 Å². The number of hydrogen-bond acceptors (Lipinski definition) is 4. The van der Waals surface area contributed by atoms with E-state index in [0.29, 0.717) is 17.9 Å². The highest BCUT2D eigenvalue weighted by atomic mass is 16.5. The fourth-order valence-electron chi connectivity index (χ4n) is 1.77. The minimum atomic E-state index is 0.141. The molecule has 0 atom stereocenters. The molecule has 0 spiro atoms. The third kappa shape index (κ3) is 2.83. The molecule has 4 nitrogen and oxygen atoms in total. The minimum absolute atomic E-state index is 0.141. The molecule has 0 radical (unpaired) electrons. The van der Waals surface area contributed by atoms with Gasteiger partial charge in [0, 0.05) is 32.0 Å². The van der Waals surface area contributed by atoms with Crippen molar-refractivity contribution in [1.29, 1.82) is 0 Å². The van der Waals surface area contributed by atoms with Crippen LogP contribution in [0.1, 0.15) is 29.6 Å². The normalized spacial score (nSPS) is 17.6. The Morgan fingerprint density at radius 2 is 2.00 bits per heavy atom. The zero-order chi connectivity index (χ0) is 10.5. The molecule has 0 unspecified atom stereocenters. The van der Waals surface area contributed by atoms with E-state index >= 15 is 0 Å². The fourth-order valence-corrected chi connectivity index (χ4v) is 1.77. The monoisotopic (exact) mass is 206 g/mol. The SMILES string of the molecule is O=C(CC1CCOCC1)c1cncnc1. The second-order valence-corrected chi connectivity index (χ2v) is 3.81. The lowest BCUT2D eigenvalue weighted by Gasteiger charge is -2.20. The van der Waals surface area contributed by atoms with Gasteiger partial charge >= 0.3 is 0 Å². The van der Waals surface area contributed by atoms with Gasteiger partial charge in [0.15, 0.2) is 5.78 Å². The molecule has 1 aliphatic rings. The molecule has 0 amide bonds. The van der Waals surface area contributed by atoms with Crippen LogP contribution >= 0.6 is 0 Å². The van der Waals surface area contributed by atoms with Crippen LogP contribution < -0.4 is 0 Å². The van der Waals surface area contributed by atoms with Gasteiger partial charge in [-0.25, -0.2) is 9.97 Å². The van der Waals surface area contributed by atoms with Crippen LogP contribution in [0.3, 0.4) is 0 Å². The van der Waals surface area contributed by atoms with E-state index in [-0.39, 0.29) is 5.78 Å². The summed E-state index contributed by atoms with van der Waals surface area (Å²) < 4.78 is 5.25. The summed E-state index contributed by atoms with van der Waals surface area (Å²) in [5, 5.41) is 0. The second kappa shape index (κ2) is 4.98. The lowest BCUT2D eigenvalue weighted by molar-refractivity contribution is 0.0601. The Morgan fingerprint density at radius 1 is 1.33 bits per heavy atom. The fraction of sp³-hybridized carbons (Fsp3) is 0.545. The summed E-state index contributed by atoms with van der Waals surface area (Å²) in [4.78, 5) is 19.5. The van der Waals surface area contributed by atoms with Gasteiger partial charge in [-0.05, 0) is 18.8 Å². The minimum Gasteiger partial charge on any atom is -0.381 e. The number of carbonyl (C=O) groups excluding carboxylic acids is 1. The summed E-state index contributed by atoms with van der Waals surface area (Å²) >= 11 is 0. The number of aromatic nitrogens is 2. The number of Topliss-reactive ketones (excluding diaryl/α,β-unsaturated/α-hetero) is 1. The molecule has 1 aliphatic heterocycles. The highest BCUT2D eigenvalue weighted by Gasteiger charge is 2.18. The molecule has 2 heterocycles. The molecular weight excluding hydrogens is 192 g/mol. The van der Waals surface area contributed by atoms with Crippen molar-refractivity contribution in [2.75, 3.05) is 13.2 Å². The second-order valence-electron chi connectivity index (χ2n) is 3.81. The first-order valence-corrected chi connectivity index (χ1v) is 5.22. The van der Waals surface area contributed by atoms with Gasteiger partial charge in [0.25, 0.3) is 0 Å². The van der Waals surface area contributed by atoms with Crippen molar-refractivity contribution in [1.82, 2.24) is 9.97 Å². The van der Waals surface area contributed by atoms with Gasteiger partial charge in [0.2, 0.25) is 0 Å². The number of ether oxygens (including phenoxy) is 1. The van der Waals surface area contributed by atoms with E-state index in [0.717, 1.165) is 26.1 Å². The average molecular weight is 206 g/mol. The average Bonchev–Trinajstić information content (AvgIpc) is 2.31. The van der Waals surface area contributed by atoms with Crippen LogP contribution in [0.25, 0.3) is 0 Å². The summed E-state index contributed by atoms with van der Waals surface area (Å²) in [6.07, 6.45) is 7.16. The highest BCUT2D eigenvalue weighted by molar-refractivity contribution is 5.95. The number of rotatable bonds is 3. The van der Waals surface area contributed by atoms with Gasteiger partial charge in [0.05, 0.1) is 5.56 Å². The molecule has 1 saturated heterocycles. The summed E-state index contributed by atoms with van der Waals surface area (Å²) in [5.74, 6) is 0.606. The molecule has 15 heavy (non-hydrogen) atoms. The van der Waals surface area contributed by atoms with E-state index in [1.807, 2.05) is 0 Å². The Balaban J connectivity index is 1.91. The van der Waals surface area contributed by atoms with Crippen LogP contribution in [0.2, 0.25) is 0 Å². The first-order chi connectivity index (χ1) is 7.36. The number of hydrogen-bond donors (Lipinski definition) is 0. The number of ketones is 1. The van der Waals surface area contributed by atoms with Crippen molar-refractivity contribution in [3.63, 3.8) is 0 Å². The molecule has 2 rings (SSSR count). The topological polar surface area (TPSA) is 52.1 Å². The molecule has 4 heteroatoms. The molecular formula is C11H14N2O2. The zero-order valence-corrected chi connectivity index (χ0v) is 8.56. The maximum absolute atomic E-state index is 11.8. The Hall–Kier alpha value is -1.29. The standard InChI is InChI=1S/C11H14N2O2/c14-11(10-6-12-8-13-7-10)5-9-1-3-15-4-2-9/h6-9H,1-5H2. The maximum atomic E-state index is 11.8. The van der Waals surface area contributed by atoms with E-state index in [9.17, 15) is 4.79 Å².